The number of ether oxygens (including phenoxy) is 1. The molecular formula is C16H26FNO. The Balaban J connectivity index is 2.53. The van der Waals surface area contributed by atoms with Crippen LogP contribution in [0.25, 0.3) is 0 Å². The molecule has 0 atom stereocenters. The van der Waals surface area contributed by atoms with Crippen LogP contribution in [0.1, 0.15) is 33.3 Å². The van der Waals surface area contributed by atoms with Gasteiger partial charge in [0, 0.05) is 19.6 Å². The Labute approximate surface area is 116 Å². The number of rotatable bonds is 8. The number of nitrogens with zero attached hydrogens (tertiary/aromatic N) is 1. The van der Waals surface area contributed by atoms with E-state index in [1.54, 1.807) is 12.1 Å². The summed E-state index contributed by atoms with van der Waals surface area (Å²) < 4.78 is 18.8. The van der Waals surface area contributed by atoms with Crippen LogP contribution < -0.4 is 0 Å². The lowest BCUT2D eigenvalue weighted by atomic mass is 10.1. The standard InChI is InChI=1S/C16H26FNO/c1-13(2)11-18(8-9-19-14(3)4)12-15-6-5-7-16(17)10-15/h5-7,10,13-14H,8-9,11-12H2,1-4H3. The van der Waals surface area contributed by atoms with Gasteiger partial charge >= 0.3 is 0 Å². The van der Waals surface area contributed by atoms with E-state index in [9.17, 15) is 4.39 Å². The molecular weight excluding hydrogens is 241 g/mol. The van der Waals surface area contributed by atoms with Crippen molar-refractivity contribution in [2.75, 3.05) is 19.7 Å². The summed E-state index contributed by atoms with van der Waals surface area (Å²) in [6.45, 7) is 11.9. The van der Waals surface area contributed by atoms with Gasteiger partial charge in [-0.2, -0.15) is 0 Å². The van der Waals surface area contributed by atoms with Gasteiger partial charge in [0.25, 0.3) is 0 Å². The van der Waals surface area contributed by atoms with Crippen LogP contribution in [-0.4, -0.2) is 30.7 Å². The molecule has 0 unspecified atom stereocenters. The minimum Gasteiger partial charge on any atom is -0.377 e. The molecule has 0 aliphatic carbocycles. The van der Waals surface area contributed by atoms with Gasteiger partial charge in [0.15, 0.2) is 0 Å². The fourth-order valence-corrected chi connectivity index (χ4v) is 2.06. The van der Waals surface area contributed by atoms with Crippen LogP contribution in [0, 0.1) is 11.7 Å². The molecule has 2 nitrogen and oxygen atoms in total. The molecule has 0 amide bonds. The van der Waals surface area contributed by atoms with Crippen molar-refractivity contribution < 1.29 is 9.13 Å². The third-order valence-electron chi connectivity index (χ3n) is 2.78. The summed E-state index contributed by atoms with van der Waals surface area (Å²) in [5.74, 6) is 0.424. The molecule has 1 rings (SSSR count). The van der Waals surface area contributed by atoms with Gasteiger partial charge in [0.2, 0.25) is 0 Å². The van der Waals surface area contributed by atoms with Gasteiger partial charge in [-0.25, -0.2) is 4.39 Å². The van der Waals surface area contributed by atoms with Crippen LogP contribution in [-0.2, 0) is 11.3 Å². The second-order valence-electron chi connectivity index (χ2n) is 5.68. The number of hydrogen-bond acceptors (Lipinski definition) is 2. The van der Waals surface area contributed by atoms with Crippen molar-refractivity contribution in [3.8, 4) is 0 Å². The predicted octanol–water partition coefficient (Wildman–Crippen LogP) is 3.71. The van der Waals surface area contributed by atoms with E-state index in [-0.39, 0.29) is 11.9 Å². The smallest absolute Gasteiger partial charge is 0.123 e. The summed E-state index contributed by atoms with van der Waals surface area (Å²) in [4.78, 5) is 2.32. The molecule has 0 aromatic heterocycles. The lowest BCUT2D eigenvalue weighted by Gasteiger charge is -2.24. The van der Waals surface area contributed by atoms with Crippen molar-refractivity contribution in [1.29, 1.82) is 0 Å². The fourth-order valence-electron chi connectivity index (χ4n) is 2.06. The Morgan fingerprint density at radius 1 is 1.21 bits per heavy atom. The molecule has 0 bridgehead atoms. The number of hydrogen-bond donors (Lipinski definition) is 0. The van der Waals surface area contributed by atoms with Crippen molar-refractivity contribution >= 4 is 0 Å². The summed E-state index contributed by atoms with van der Waals surface area (Å²) in [7, 11) is 0. The number of benzene rings is 1. The van der Waals surface area contributed by atoms with Crippen molar-refractivity contribution in [2.24, 2.45) is 5.92 Å². The fraction of sp³-hybridized carbons (Fsp3) is 0.625. The molecule has 0 saturated heterocycles. The summed E-state index contributed by atoms with van der Waals surface area (Å²) >= 11 is 0. The van der Waals surface area contributed by atoms with Gasteiger partial charge < -0.3 is 4.74 Å². The van der Waals surface area contributed by atoms with Gasteiger partial charge in [-0.1, -0.05) is 26.0 Å². The topological polar surface area (TPSA) is 12.5 Å². The van der Waals surface area contributed by atoms with Gasteiger partial charge in [-0.3, -0.25) is 4.90 Å². The first-order valence-corrected chi connectivity index (χ1v) is 7.05. The molecule has 0 radical (unpaired) electrons. The summed E-state index contributed by atoms with van der Waals surface area (Å²) in [5.41, 5.74) is 1.02. The third kappa shape index (κ3) is 7.28. The maximum Gasteiger partial charge on any atom is 0.123 e. The highest BCUT2D eigenvalue weighted by Crippen LogP contribution is 2.09. The predicted molar refractivity (Wildman–Crippen MR) is 77.6 cm³/mol. The van der Waals surface area contributed by atoms with Crippen LogP contribution in [0.3, 0.4) is 0 Å². The second-order valence-corrected chi connectivity index (χ2v) is 5.68. The second kappa shape index (κ2) is 8.28. The molecule has 0 fully saturated rings. The van der Waals surface area contributed by atoms with Crippen molar-refractivity contribution in [3.63, 3.8) is 0 Å². The average Bonchev–Trinajstić information content (AvgIpc) is 2.27. The largest absolute Gasteiger partial charge is 0.377 e. The first kappa shape index (κ1) is 16.1. The van der Waals surface area contributed by atoms with Gasteiger partial charge in [0.1, 0.15) is 5.82 Å². The van der Waals surface area contributed by atoms with Crippen LogP contribution in [0.15, 0.2) is 24.3 Å². The van der Waals surface area contributed by atoms with Crippen LogP contribution >= 0.6 is 0 Å². The van der Waals surface area contributed by atoms with Crippen LogP contribution in [0.2, 0.25) is 0 Å². The van der Waals surface area contributed by atoms with Crippen molar-refractivity contribution in [1.82, 2.24) is 4.90 Å². The Morgan fingerprint density at radius 2 is 1.95 bits per heavy atom. The van der Waals surface area contributed by atoms with Crippen molar-refractivity contribution in [3.05, 3.63) is 35.6 Å². The highest BCUT2D eigenvalue weighted by Gasteiger charge is 2.09. The zero-order chi connectivity index (χ0) is 14.3. The van der Waals surface area contributed by atoms with Gasteiger partial charge in [-0.05, 0) is 37.5 Å². The molecule has 3 heteroatoms. The zero-order valence-corrected chi connectivity index (χ0v) is 12.5. The van der Waals surface area contributed by atoms with E-state index in [2.05, 4.69) is 18.7 Å². The van der Waals surface area contributed by atoms with Crippen molar-refractivity contribution in [2.45, 2.75) is 40.3 Å². The highest BCUT2D eigenvalue weighted by atomic mass is 19.1. The molecule has 0 aliphatic heterocycles. The minimum absolute atomic E-state index is 0.166. The van der Waals surface area contributed by atoms with E-state index in [4.69, 9.17) is 4.74 Å². The SMILES string of the molecule is CC(C)CN(CCOC(C)C)Cc1cccc(F)c1. The first-order valence-electron chi connectivity index (χ1n) is 7.05. The van der Waals surface area contributed by atoms with E-state index in [0.29, 0.717) is 5.92 Å². The Hall–Kier alpha value is -0.930. The zero-order valence-electron chi connectivity index (χ0n) is 12.5. The van der Waals surface area contributed by atoms with E-state index in [0.717, 1.165) is 31.8 Å². The van der Waals surface area contributed by atoms with E-state index in [1.165, 1.54) is 6.07 Å². The van der Waals surface area contributed by atoms with Gasteiger partial charge in [-0.15, -0.1) is 0 Å². The van der Waals surface area contributed by atoms with Gasteiger partial charge in [0.05, 0.1) is 12.7 Å². The lowest BCUT2D eigenvalue weighted by Crippen LogP contribution is -2.31. The number of halogens is 1. The maximum absolute atomic E-state index is 13.2. The minimum atomic E-state index is -0.166. The normalized spacial score (nSPS) is 11.8. The van der Waals surface area contributed by atoms with E-state index < -0.39 is 0 Å². The average molecular weight is 267 g/mol. The Bertz CT molecular complexity index is 366. The summed E-state index contributed by atoms with van der Waals surface area (Å²) in [6.07, 6.45) is 0.259. The molecule has 0 spiro atoms. The Kier molecular flexibility index (Phi) is 7.03. The third-order valence-corrected chi connectivity index (χ3v) is 2.78. The molecule has 0 N–H and O–H groups in total. The molecule has 1 aromatic rings. The first-order chi connectivity index (χ1) is 8.97. The molecule has 0 saturated carbocycles. The van der Waals surface area contributed by atoms with E-state index >= 15 is 0 Å². The van der Waals surface area contributed by atoms with E-state index in [1.807, 2.05) is 19.9 Å². The Morgan fingerprint density at radius 3 is 2.53 bits per heavy atom. The van der Waals surface area contributed by atoms with Crippen LogP contribution in [0.4, 0.5) is 4.39 Å². The molecule has 1 aromatic carbocycles. The molecule has 0 heterocycles. The highest BCUT2D eigenvalue weighted by molar-refractivity contribution is 5.16. The molecule has 19 heavy (non-hydrogen) atoms. The monoisotopic (exact) mass is 267 g/mol. The quantitative estimate of drug-likeness (QED) is 0.712. The lowest BCUT2D eigenvalue weighted by molar-refractivity contribution is 0.0549. The summed E-state index contributed by atoms with van der Waals surface area (Å²) in [5, 5.41) is 0. The molecule has 0 aliphatic rings. The summed E-state index contributed by atoms with van der Waals surface area (Å²) in [6, 6.07) is 6.83. The maximum atomic E-state index is 13.2. The molecule has 108 valence electrons. The van der Waals surface area contributed by atoms with Crippen LogP contribution in [0.5, 0.6) is 0 Å².